The predicted octanol–water partition coefficient (Wildman–Crippen LogP) is 1.55. The van der Waals surface area contributed by atoms with E-state index < -0.39 is 10.0 Å². The standard InChI is InChI=1S/C15H23FN2O3S/c1-3-4-11-18(22(2,20)21)12-15(19)17-10-9-13-5-7-14(16)8-6-13/h5-8H,3-4,9-12H2,1-2H3,(H,17,19). The molecular formula is C15H23FN2O3S. The molecule has 0 aliphatic rings. The average molecular weight is 330 g/mol. The lowest BCUT2D eigenvalue weighted by Gasteiger charge is -2.19. The first-order valence-electron chi connectivity index (χ1n) is 7.29. The Labute approximate surface area is 131 Å². The summed E-state index contributed by atoms with van der Waals surface area (Å²) >= 11 is 0. The van der Waals surface area contributed by atoms with Gasteiger partial charge >= 0.3 is 0 Å². The maximum absolute atomic E-state index is 12.8. The Balaban J connectivity index is 2.41. The van der Waals surface area contributed by atoms with Gasteiger partial charge in [-0.2, -0.15) is 4.31 Å². The Bertz CT molecular complexity index is 573. The highest BCUT2D eigenvalue weighted by Crippen LogP contribution is 2.03. The molecule has 1 amide bonds. The van der Waals surface area contributed by atoms with Crippen molar-refractivity contribution < 1.29 is 17.6 Å². The van der Waals surface area contributed by atoms with Gasteiger partial charge in [-0.25, -0.2) is 12.8 Å². The Morgan fingerprint density at radius 3 is 2.45 bits per heavy atom. The number of halogens is 1. The van der Waals surface area contributed by atoms with Crippen LogP contribution in [-0.2, 0) is 21.2 Å². The molecule has 5 nitrogen and oxygen atoms in total. The number of nitrogens with zero attached hydrogens (tertiary/aromatic N) is 1. The number of hydrogen-bond acceptors (Lipinski definition) is 3. The number of hydrogen-bond donors (Lipinski definition) is 1. The molecular weight excluding hydrogens is 307 g/mol. The summed E-state index contributed by atoms with van der Waals surface area (Å²) in [6.07, 6.45) is 3.25. The average Bonchev–Trinajstić information content (AvgIpc) is 2.44. The van der Waals surface area contributed by atoms with Gasteiger partial charge in [0, 0.05) is 13.1 Å². The third-order valence-corrected chi connectivity index (χ3v) is 4.45. The van der Waals surface area contributed by atoms with E-state index in [-0.39, 0.29) is 18.3 Å². The number of rotatable bonds is 9. The number of unbranched alkanes of at least 4 members (excludes halogenated alkanes) is 1. The van der Waals surface area contributed by atoms with E-state index in [2.05, 4.69) is 5.32 Å². The topological polar surface area (TPSA) is 66.5 Å². The molecule has 7 heteroatoms. The normalized spacial score (nSPS) is 11.6. The van der Waals surface area contributed by atoms with Gasteiger partial charge in [0.2, 0.25) is 15.9 Å². The summed E-state index contributed by atoms with van der Waals surface area (Å²) in [6.45, 7) is 2.53. The second kappa shape index (κ2) is 8.85. The number of carbonyl (C=O) groups excluding carboxylic acids is 1. The lowest BCUT2D eigenvalue weighted by Crippen LogP contribution is -2.41. The fraction of sp³-hybridized carbons (Fsp3) is 0.533. The molecule has 0 aliphatic heterocycles. The van der Waals surface area contributed by atoms with Gasteiger partial charge in [0.05, 0.1) is 12.8 Å². The summed E-state index contributed by atoms with van der Waals surface area (Å²) in [5, 5.41) is 2.69. The zero-order valence-electron chi connectivity index (χ0n) is 13.0. The van der Waals surface area contributed by atoms with E-state index in [9.17, 15) is 17.6 Å². The summed E-state index contributed by atoms with van der Waals surface area (Å²) in [6, 6.07) is 6.05. The summed E-state index contributed by atoms with van der Waals surface area (Å²) < 4.78 is 37.2. The first-order valence-corrected chi connectivity index (χ1v) is 9.14. The van der Waals surface area contributed by atoms with Crippen molar-refractivity contribution in [3.8, 4) is 0 Å². The Morgan fingerprint density at radius 2 is 1.91 bits per heavy atom. The van der Waals surface area contributed by atoms with Crippen LogP contribution in [0.5, 0.6) is 0 Å². The van der Waals surface area contributed by atoms with Crippen LogP contribution >= 0.6 is 0 Å². The molecule has 0 bridgehead atoms. The van der Waals surface area contributed by atoms with Crippen LogP contribution in [0, 0.1) is 5.82 Å². The van der Waals surface area contributed by atoms with Crippen LogP contribution in [0.25, 0.3) is 0 Å². The molecule has 0 aromatic heterocycles. The molecule has 1 N–H and O–H groups in total. The second-order valence-electron chi connectivity index (χ2n) is 5.18. The number of benzene rings is 1. The van der Waals surface area contributed by atoms with E-state index in [1.54, 1.807) is 12.1 Å². The molecule has 0 spiro atoms. The minimum atomic E-state index is -3.38. The van der Waals surface area contributed by atoms with Crippen molar-refractivity contribution in [3.63, 3.8) is 0 Å². The minimum Gasteiger partial charge on any atom is -0.355 e. The summed E-state index contributed by atoms with van der Waals surface area (Å²) in [5.74, 6) is -0.629. The molecule has 1 aromatic carbocycles. The van der Waals surface area contributed by atoms with E-state index in [0.717, 1.165) is 24.7 Å². The van der Waals surface area contributed by atoms with Gasteiger partial charge in [0.25, 0.3) is 0 Å². The summed E-state index contributed by atoms with van der Waals surface area (Å²) in [4.78, 5) is 11.8. The number of carbonyl (C=O) groups is 1. The monoisotopic (exact) mass is 330 g/mol. The molecule has 0 aliphatic carbocycles. The van der Waals surface area contributed by atoms with E-state index in [1.807, 2.05) is 6.92 Å². The number of amides is 1. The molecule has 1 rings (SSSR count). The lowest BCUT2D eigenvalue weighted by molar-refractivity contribution is -0.121. The molecule has 0 saturated carbocycles. The van der Waals surface area contributed by atoms with Gasteiger partial charge in [-0.1, -0.05) is 25.5 Å². The van der Waals surface area contributed by atoms with Crippen LogP contribution < -0.4 is 5.32 Å². The molecule has 0 fully saturated rings. The Morgan fingerprint density at radius 1 is 1.27 bits per heavy atom. The highest BCUT2D eigenvalue weighted by molar-refractivity contribution is 7.88. The van der Waals surface area contributed by atoms with Crippen LogP contribution in [0.2, 0.25) is 0 Å². The van der Waals surface area contributed by atoms with Crippen molar-refractivity contribution in [2.75, 3.05) is 25.9 Å². The zero-order valence-corrected chi connectivity index (χ0v) is 13.8. The van der Waals surface area contributed by atoms with Crippen molar-refractivity contribution in [2.24, 2.45) is 0 Å². The highest BCUT2D eigenvalue weighted by atomic mass is 32.2. The lowest BCUT2D eigenvalue weighted by atomic mass is 10.1. The maximum atomic E-state index is 12.8. The van der Waals surface area contributed by atoms with Crippen molar-refractivity contribution in [1.82, 2.24) is 9.62 Å². The quantitative estimate of drug-likeness (QED) is 0.747. The van der Waals surface area contributed by atoms with Crippen molar-refractivity contribution in [2.45, 2.75) is 26.2 Å². The number of nitrogens with one attached hydrogen (secondary N) is 1. The van der Waals surface area contributed by atoms with Crippen LogP contribution in [-0.4, -0.2) is 44.5 Å². The van der Waals surface area contributed by atoms with Gasteiger partial charge in [0.1, 0.15) is 5.82 Å². The predicted molar refractivity (Wildman–Crippen MR) is 84.4 cm³/mol. The van der Waals surface area contributed by atoms with Crippen LogP contribution in [0.4, 0.5) is 4.39 Å². The van der Waals surface area contributed by atoms with E-state index >= 15 is 0 Å². The third-order valence-electron chi connectivity index (χ3n) is 3.20. The fourth-order valence-electron chi connectivity index (χ4n) is 1.91. The fourth-order valence-corrected chi connectivity index (χ4v) is 2.72. The van der Waals surface area contributed by atoms with E-state index in [1.165, 1.54) is 16.4 Å². The Kier molecular flexibility index (Phi) is 7.47. The highest BCUT2D eigenvalue weighted by Gasteiger charge is 2.19. The molecule has 22 heavy (non-hydrogen) atoms. The van der Waals surface area contributed by atoms with Crippen molar-refractivity contribution in [3.05, 3.63) is 35.6 Å². The van der Waals surface area contributed by atoms with Crippen molar-refractivity contribution in [1.29, 1.82) is 0 Å². The van der Waals surface area contributed by atoms with Crippen molar-refractivity contribution >= 4 is 15.9 Å². The SMILES string of the molecule is CCCCN(CC(=O)NCCc1ccc(F)cc1)S(C)(=O)=O. The summed E-state index contributed by atoms with van der Waals surface area (Å²) in [7, 11) is -3.38. The largest absolute Gasteiger partial charge is 0.355 e. The third kappa shape index (κ3) is 7.00. The molecule has 0 heterocycles. The van der Waals surface area contributed by atoms with Gasteiger partial charge in [-0.05, 0) is 30.5 Å². The van der Waals surface area contributed by atoms with Crippen LogP contribution in [0.3, 0.4) is 0 Å². The van der Waals surface area contributed by atoms with Gasteiger partial charge in [-0.15, -0.1) is 0 Å². The van der Waals surface area contributed by atoms with Gasteiger partial charge < -0.3 is 5.32 Å². The second-order valence-corrected chi connectivity index (χ2v) is 7.16. The number of sulfonamides is 1. The first-order chi connectivity index (χ1) is 10.3. The van der Waals surface area contributed by atoms with Crippen LogP contribution in [0.15, 0.2) is 24.3 Å². The van der Waals surface area contributed by atoms with E-state index in [4.69, 9.17) is 0 Å². The molecule has 124 valence electrons. The van der Waals surface area contributed by atoms with Gasteiger partial charge in [0.15, 0.2) is 0 Å². The smallest absolute Gasteiger partial charge is 0.235 e. The van der Waals surface area contributed by atoms with Crippen LogP contribution in [0.1, 0.15) is 25.3 Å². The molecule has 0 radical (unpaired) electrons. The first kappa shape index (κ1) is 18.6. The zero-order chi connectivity index (χ0) is 16.6. The molecule has 1 aromatic rings. The molecule has 0 unspecified atom stereocenters. The van der Waals surface area contributed by atoms with Gasteiger partial charge in [-0.3, -0.25) is 4.79 Å². The Hall–Kier alpha value is -1.47. The molecule has 0 atom stereocenters. The maximum Gasteiger partial charge on any atom is 0.235 e. The minimum absolute atomic E-state index is 0.164. The summed E-state index contributed by atoms with van der Waals surface area (Å²) in [5.41, 5.74) is 0.910. The van der Waals surface area contributed by atoms with E-state index in [0.29, 0.717) is 19.5 Å². The molecule has 0 saturated heterocycles.